The van der Waals surface area contributed by atoms with Crippen molar-refractivity contribution >= 4 is 16.7 Å². The van der Waals surface area contributed by atoms with Gasteiger partial charge in [-0.15, -0.1) is 0 Å². The first-order valence-electron chi connectivity index (χ1n) is 7.48. The van der Waals surface area contributed by atoms with Crippen LogP contribution in [-0.4, -0.2) is 9.55 Å². The lowest BCUT2D eigenvalue weighted by molar-refractivity contribution is 0.664. The van der Waals surface area contributed by atoms with Crippen LogP contribution in [0.25, 0.3) is 11.0 Å². The van der Waals surface area contributed by atoms with E-state index < -0.39 is 0 Å². The lowest BCUT2D eigenvalue weighted by Gasteiger charge is -2.10. The van der Waals surface area contributed by atoms with E-state index in [1.165, 1.54) is 11.1 Å². The zero-order chi connectivity index (χ0) is 14.8. The number of nitrogens with zero attached hydrogens (tertiary/aromatic N) is 2. The van der Waals surface area contributed by atoms with E-state index in [1.807, 2.05) is 18.2 Å². The Balaban J connectivity index is 2.07. The molecule has 0 radical (unpaired) electrons. The van der Waals surface area contributed by atoms with E-state index >= 15 is 0 Å². The van der Waals surface area contributed by atoms with Crippen LogP contribution in [0.4, 0.5) is 5.69 Å². The van der Waals surface area contributed by atoms with E-state index in [0.717, 1.165) is 42.0 Å². The van der Waals surface area contributed by atoms with Gasteiger partial charge in [-0.1, -0.05) is 36.8 Å². The van der Waals surface area contributed by atoms with Gasteiger partial charge in [-0.2, -0.15) is 0 Å². The number of fused-ring (bicyclic) bond motifs is 1. The van der Waals surface area contributed by atoms with Crippen molar-refractivity contribution in [1.29, 1.82) is 0 Å². The number of aromatic nitrogens is 2. The van der Waals surface area contributed by atoms with Crippen LogP contribution >= 0.6 is 0 Å². The predicted octanol–water partition coefficient (Wildman–Crippen LogP) is 3.93. The molecule has 1 aromatic heterocycles. The smallest absolute Gasteiger partial charge is 0.114 e. The molecule has 0 saturated heterocycles. The second-order valence-corrected chi connectivity index (χ2v) is 5.55. The molecule has 2 N–H and O–H groups in total. The van der Waals surface area contributed by atoms with E-state index in [4.69, 9.17) is 10.7 Å². The molecule has 0 bridgehead atoms. The molecular weight excluding hydrogens is 258 g/mol. The highest BCUT2D eigenvalue weighted by atomic mass is 15.1. The molecule has 0 spiro atoms. The molecular formula is C18H21N3. The third kappa shape index (κ3) is 2.64. The highest BCUT2D eigenvalue weighted by Crippen LogP contribution is 2.22. The Morgan fingerprint density at radius 3 is 2.76 bits per heavy atom. The maximum absolute atomic E-state index is 6.12. The summed E-state index contributed by atoms with van der Waals surface area (Å²) in [6, 6.07) is 14.5. The van der Waals surface area contributed by atoms with Crippen LogP contribution < -0.4 is 5.73 Å². The third-order valence-corrected chi connectivity index (χ3v) is 3.83. The topological polar surface area (TPSA) is 43.8 Å². The summed E-state index contributed by atoms with van der Waals surface area (Å²) in [5.41, 5.74) is 11.6. The van der Waals surface area contributed by atoms with Crippen LogP contribution in [0.5, 0.6) is 0 Å². The highest BCUT2D eigenvalue weighted by Gasteiger charge is 2.11. The molecule has 21 heavy (non-hydrogen) atoms. The minimum Gasteiger partial charge on any atom is -0.398 e. The van der Waals surface area contributed by atoms with Gasteiger partial charge in [0.15, 0.2) is 0 Å². The number of aryl methyl sites for hydroxylation is 2. The maximum atomic E-state index is 6.12. The zero-order valence-corrected chi connectivity index (χ0v) is 12.6. The summed E-state index contributed by atoms with van der Waals surface area (Å²) in [5, 5.41) is 0. The number of para-hydroxylation sites is 2. The Morgan fingerprint density at radius 2 is 1.95 bits per heavy atom. The molecule has 0 atom stereocenters. The van der Waals surface area contributed by atoms with Crippen LogP contribution in [0.2, 0.25) is 0 Å². The van der Waals surface area contributed by atoms with Gasteiger partial charge in [-0.25, -0.2) is 4.98 Å². The summed E-state index contributed by atoms with van der Waals surface area (Å²) in [7, 11) is 0. The van der Waals surface area contributed by atoms with Crippen LogP contribution in [0.3, 0.4) is 0 Å². The van der Waals surface area contributed by atoms with Gasteiger partial charge in [0.2, 0.25) is 0 Å². The fourth-order valence-electron chi connectivity index (χ4n) is 2.79. The van der Waals surface area contributed by atoms with Gasteiger partial charge in [0.25, 0.3) is 0 Å². The Bertz CT molecular complexity index is 771. The SMILES string of the molecule is CCCn1c(Cc2cc(C)ccc2N)nc2ccccc21. The van der Waals surface area contributed by atoms with Crippen molar-refractivity contribution in [3.05, 3.63) is 59.4 Å². The molecule has 0 saturated carbocycles. The van der Waals surface area contributed by atoms with Gasteiger partial charge in [-0.3, -0.25) is 0 Å². The van der Waals surface area contributed by atoms with Gasteiger partial charge < -0.3 is 10.3 Å². The third-order valence-electron chi connectivity index (χ3n) is 3.83. The van der Waals surface area contributed by atoms with E-state index in [2.05, 4.69) is 42.7 Å². The van der Waals surface area contributed by atoms with Gasteiger partial charge >= 0.3 is 0 Å². The Kier molecular flexibility index (Phi) is 3.65. The molecule has 108 valence electrons. The second-order valence-electron chi connectivity index (χ2n) is 5.55. The number of benzene rings is 2. The van der Waals surface area contributed by atoms with Gasteiger partial charge in [0.05, 0.1) is 11.0 Å². The van der Waals surface area contributed by atoms with Gasteiger partial charge in [-0.05, 0) is 37.1 Å². The summed E-state index contributed by atoms with van der Waals surface area (Å²) in [6.45, 7) is 5.28. The standard InChI is InChI=1S/C18H21N3/c1-3-10-21-17-7-5-4-6-16(17)20-18(21)12-14-11-13(2)8-9-15(14)19/h4-9,11H,3,10,12,19H2,1-2H3. The van der Waals surface area contributed by atoms with Crippen molar-refractivity contribution in [2.45, 2.75) is 33.2 Å². The molecule has 0 amide bonds. The van der Waals surface area contributed by atoms with Crippen molar-refractivity contribution in [1.82, 2.24) is 9.55 Å². The minimum absolute atomic E-state index is 0.780. The summed E-state index contributed by atoms with van der Waals surface area (Å²) in [4.78, 5) is 4.80. The predicted molar refractivity (Wildman–Crippen MR) is 88.4 cm³/mol. The monoisotopic (exact) mass is 279 g/mol. The molecule has 3 rings (SSSR count). The molecule has 0 fully saturated rings. The number of nitrogens with two attached hydrogens (primary N) is 1. The summed E-state index contributed by atoms with van der Waals surface area (Å²) in [5.74, 6) is 1.09. The number of hydrogen-bond acceptors (Lipinski definition) is 2. The van der Waals surface area contributed by atoms with Crippen molar-refractivity contribution in [3.8, 4) is 0 Å². The summed E-state index contributed by atoms with van der Waals surface area (Å²) < 4.78 is 2.32. The highest BCUT2D eigenvalue weighted by molar-refractivity contribution is 5.76. The first kappa shape index (κ1) is 13.7. The molecule has 0 aliphatic rings. The summed E-state index contributed by atoms with van der Waals surface area (Å²) >= 11 is 0. The molecule has 0 unspecified atom stereocenters. The number of rotatable bonds is 4. The summed E-state index contributed by atoms with van der Waals surface area (Å²) in [6.07, 6.45) is 1.87. The molecule has 0 aliphatic carbocycles. The number of imidazole rings is 1. The molecule has 3 nitrogen and oxygen atoms in total. The maximum Gasteiger partial charge on any atom is 0.114 e. The van der Waals surface area contributed by atoms with E-state index in [0.29, 0.717) is 0 Å². The number of nitrogen functional groups attached to an aromatic ring is 1. The normalized spacial score (nSPS) is 11.1. The van der Waals surface area contributed by atoms with Crippen LogP contribution in [0.1, 0.15) is 30.3 Å². The van der Waals surface area contributed by atoms with Gasteiger partial charge in [0.1, 0.15) is 5.82 Å². The second kappa shape index (κ2) is 5.60. The molecule has 3 heteroatoms. The number of anilines is 1. The van der Waals surface area contributed by atoms with Crippen molar-refractivity contribution in [2.24, 2.45) is 0 Å². The van der Waals surface area contributed by atoms with E-state index in [9.17, 15) is 0 Å². The first-order valence-corrected chi connectivity index (χ1v) is 7.48. The fraction of sp³-hybridized carbons (Fsp3) is 0.278. The number of hydrogen-bond donors (Lipinski definition) is 1. The molecule has 1 heterocycles. The average Bonchev–Trinajstić information content (AvgIpc) is 2.81. The lowest BCUT2D eigenvalue weighted by atomic mass is 10.1. The zero-order valence-electron chi connectivity index (χ0n) is 12.6. The first-order chi connectivity index (χ1) is 10.2. The van der Waals surface area contributed by atoms with Crippen molar-refractivity contribution < 1.29 is 0 Å². The van der Waals surface area contributed by atoms with Gasteiger partial charge in [0, 0.05) is 18.7 Å². The van der Waals surface area contributed by atoms with E-state index in [1.54, 1.807) is 0 Å². The molecule has 3 aromatic rings. The van der Waals surface area contributed by atoms with Crippen molar-refractivity contribution in [2.75, 3.05) is 5.73 Å². The fourth-order valence-corrected chi connectivity index (χ4v) is 2.79. The van der Waals surface area contributed by atoms with Crippen LogP contribution in [0, 0.1) is 6.92 Å². The van der Waals surface area contributed by atoms with E-state index in [-0.39, 0.29) is 0 Å². The Hall–Kier alpha value is -2.29. The molecule has 0 aliphatic heterocycles. The van der Waals surface area contributed by atoms with Crippen LogP contribution in [0.15, 0.2) is 42.5 Å². The Labute approximate surface area is 125 Å². The van der Waals surface area contributed by atoms with Crippen molar-refractivity contribution in [3.63, 3.8) is 0 Å². The largest absolute Gasteiger partial charge is 0.398 e. The Morgan fingerprint density at radius 1 is 1.14 bits per heavy atom. The lowest BCUT2D eigenvalue weighted by Crippen LogP contribution is -2.06. The average molecular weight is 279 g/mol. The minimum atomic E-state index is 0.780. The van der Waals surface area contributed by atoms with Crippen LogP contribution in [-0.2, 0) is 13.0 Å². The quantitative estimate of drug-likeness (QED) is 0.735. The molecule has 2 aromatic carbocycles.